The van der Waals surface area contributed by atoms with Crippen LogP contribution in [0.1, 0.15) is 13.3 Å². The first-order valence-electron chi connectivity index (χ1n) is 9.64. The third kappa shape index (κ3) is 5.16. The average molecular weight is 422 g/mol. The number of amides is 3. The van der Waals surface area contributed by atoms with Crippen LogP contribution in [0.15, 0.2) is 67.3 Å². The minimum absolute atomic E-state index is 0.0971. The van der Waals surface area contributed by atoms with Crippen molar-refractivity contribution in [3.05, 3.63) is 67.3 Å². The quantitative estimate of drug-likeness (QED) is 0.281. The fourth-order valence-electron chi connectivity index (χ4n) is 3.25. The fraction of sp³-hybridized carbons (Fsp3) is 0.217. The Labute approximate surface area is 179 Å². The SMILES string of the molecule is C=CCN(C(=O)COc1ccccc1)C1CC(=O)N(c2ccc(OC(C)=O)cc2)C1=O. The van der Waals surface area contributed by atoms with Gasteiger partial charge in [-0.05, 0) is 36.4 Å². The summed E-state index contributed by atoms with van der Waals surface area (Å²) in [5, 5.41) is 0. The predicted octanol–water partition coefficient (Wildman–Crippen LogP) is 2.34. The van der Waals surface area contributed by atoms with Gasteiger partial charge in [0.25, 0.3) is 11.8 Å². The molecule has 8 nitrogen and oxygen atoms in total. The first-order chi connectivity index (χ1) is 14.9. The van der Waals surface area contributed by atoms with Crippen molar-refractivity contribution in [1.29, 1.82) is 0 Å². The molecule has 1 fully saturated rings. The maximum absolute atomic E-state index is 13.0. The molecule has 160 valence electrons. The Hall–Kier alpha value is -3.94. The van der Waals surface area contributed by atoms with Crippen LogP contribution in [-0.2, 0) is 19.2 Å². The van der Waals surface area contributed by atoms with Gasteiger partial charge in [0.1, 0.15) is 17.5 Å². The van der Waals surface area contributed by atoms with Crippen molar-refractivity contribution in [3.63, 3.8) is 0 Å². The number of imide groups is 1. The Kier molecular flexibility index (Phi) is 6.81. The first-order valence-corrected chi connectivity index (χ1v) is 9.64. The number of carbonyl (C=O) groups excluding carboxylic acids is 4. The molecule has 0 bridgehead atoms. The van der Waals surface area contributed by atoms with Gasteiger partial charge in [-0.1, -0.05) is 24.3 Å². The van der Waals surface area contributed by atoms with Crippen LogP contribution < -0.4 is 14.4 Å². The van der Waals surface area contributed by atoms with E-state index in [0.29, 0.717) is 17.2 Å². The van der Waals surface area contributed by atoms with Crippen molar-refractivity contribution in [3.8, 4) is 11.5 Å². The smallest absolute Gasteiger partial charge is 0.308 e. The lowest BCUT2D eigenvalue weighted by atomic mass is 10.2. The Balaban J connectivity index is 1.73. The van der Waals surface area contributed by atoms with Crippen molar-refractivity contribution in [1.82, 2.24) is 4.90 Å². The number of benzene rings is 2. The van der Waals surface area contributed by atoms with Gasteiger partial charge in [0.2, 0.25) is 5.91 Å². The van der Waals surface area contributed by atoms with E-state index in [4.69, 9.17) is 9.47 Å². The molecule has 1 heterocycles. The fourth-order valence-corrected chi connectivity index (χ4v) is 3.25. The zero-order valence-corrected chi connectivity index (χ0v) is 17.0. The molecule has 1 atom stereocenters. The molecule has 31 heavy (non-hydrogen) atoms. The summed E-state index contributed by atoms with van der Waals surface area (Å²) >= 11 is 0. The van der Waals surface area contributed by atoms with Crippen molar-refractivity contribution in [2.45, 2.75) is 19.4 Å². The number of esters is 1. The van der Waals surface area contributed by atoms with Gasteiger partial charge in [0, 0.05) is 13.5 Å². The molecular formula is C23H22N2O6. The van der Waals surface area contributed by atoms with Crippen LogP contribution in [0.2, 0.25) is 0 Å². The lowest BCUT2D eigenvalue weighted by Crippen LogP contribution is -2.47. The normalized spacial score (nSPS) is 15.5. The summed E-state index contributed by atoms with van der Waals surface area (Å²) in [5.74, 6) is -1.02. The molecular weight excluding hydrogens is 400 g/mol. The van der Waals surface area contributed by atoms with Gasteiger partial charge in [-0.25, -0.2) is 4.90 Å². The summed E-state index contributed by atoms with van der Waals surface area (Å²) in [4.78, 5) is 51.8. The number of hydrogen-bond acceptors (Lipinski definition) is 6. The zero-order chi connectivity index (χ0) is 22.4. The van der Waals surface area contributed by atoms with Gasteiger partial charge in [-0.2, -0.15) is 0 Å². The van der Waals surface area contributed by atoms with Crippen molar-refractivity contribution in [2.24, 2.45) is 0 Å². The van der Waals surface area contributed by atoms with Gasteiger partial charge in [-0.3, -0.25) is 19.2 Å². The van der Waals surface area contributed by atoms with Crippen LogP contribution in [-0.4, -0.2) is 47.8 Å². The zero-order valence-electron chi connectivity index (χ0n) is 17.0. The second-order valence-corrected chi connectivity index (χ2v) is 6.81. The first kappa shape index (κ1) is 21.8. The molecule has 1 saturated heterocycles. The van der Waals surface area contributed by atoms with E-state index in [2.05, 4.69) is 6.58 Å². The number of ether oxygens (including phenoxy) is 2. The van der Waals surface area contributed by atoms with Gasteiger partial charge in [-0.15, -0.1) is 6.58 Å². The number of rotatable bonds is 8. The highest BCUT2D eigenvalue weighted by atomic mass is 16.5. The minimum atomic E-state index is -0.953. The summed E-state index contributed by atoms with van der Waals surface area (Å²) in [6.45, 7) is 4.74. The largest absolute Gasteiger partial charge is 0.484 e. The molecule has 0 aliphatic carbocycles. The van der Waals surface area contributed by atoms with E-state index in [-0.39, 0.29) is 19.6 Å². The molecule has 1 aliphatic rings. The van der Waals surface area contributed by atoms with E-state index in [1.165, 1.54) is 42.2 Å². The Morgan fingerprint density at radius 2 is 1.77 bits per heavy atom. The van der Waals surface area contributed by atoms with Crippen molar-refractivity contribution >= 4 is 29.4 Å². The molecule has 0 aromatic heterocycles. The van der Waals surface area contributed by atoms with E-state index >= 15 is 0 Å². The standard InChI is InChI=1S/C23H22N2O6/c1-3-13-24(22(28)15-30-18-7-5-4-6-8-18)20-14-21(27)25(23(20)29)17-9-11-19(12-10-17)31-16(2)26/h3-12,20H,1,13-15H2,2H3. The maximum Gasteiger partial charge on any atom is 0.308 e. The molecule has 8 heteroatoms. The van der Waals surface area contributed by atoms with Crippen molar-refractivity contribution in [2.75, 3.05) is 18.1 Å². The van der Waals surface area contributed by atoms with Gasteiger partial charge >= 0.3 is 5.97 Å². The molecule has 0 saturated carbocycles. The van der Waals surface area contributed by atoms with E-state index < -0.39 is 29.7 Å². The number of anilines is 1. The highest BCUT2D eigenvalue weighted by Gasteiger charge is 2.44. The second kappa shape index (κ2) is 9.71. The summed E-state index contributed by atoms with van der Waals surface area (Å²) in [6.07, 6.45) is 1.35. The Morgan fingerprint density at radius 3 is 2.39 bits per heavy atom. The Bertz CT molecular complexity index is 987. The Morgan fingerprint density at radius 1 is 1.10 bits per heavy atom. The van der Waals surface area contributed by atoms with Crippen molar-refractivity contribution < 1.29 is 28.7 Å². The van der Waals surface area contributed by atoms with Crippen LogP contribution in [0.4, 0.5) is 5.69 Å². The molecule has 2 aromatic carbocycles. The summed E-state index contributed by atoms with van der Waals surface area (Å²) in [5.41, 5.74) is 0.333. The van der Waals surface area contributed by atoms with Crippen LogP contribution >= 0.6 is 0 Å². The van der Waals surface area contributed by atoms with Gasteiger partial charge < -0.3 is 14.4 Å². The molecule has 0 spiro atoms. The molecule has 1 unspecified atom stereocenters. The summed E-state index contributed by atoms with van der Waals surface area (Å²) < 4.78 is 10.5. The molecule has 3 amide bonds. The van der Waals surface area contributed by atoms with Crippen LogP contribution in [0.25, 0.3) is 0 Å². The maximum atomic E-state index is 13.0. The van der Waals surface area contributed by atoms with Gasteiger partial charge in [0.15, 0.2) is 6.61 Å². The number of nitrogens with zero attached hydrogens (tertiary/aromatic N) is 2. The summed E-state index contributed by atoms with van der Waals surface area (Å²) in [7, 11) is 0. The van der Waals surface area contributed by atoms with E-state index in [1.54, 1.807) is 24.3 Å². The molecule has 0 N–H and O–H groups in total. The topological polar surface area (TPSA) is 93.2 Å². The average Bonchev–Trinajstić information content (AvgIpc) is 3.05. The van der Waals surface area contributed by atoms with Crippen LogP contribution in [0.3, 0.4) is 0 Å². The lowest BCUT2D eigenvalue weighted by Gasteiger charge is -2.26. The van der Waals surface area contributed by atoms with Gasteiger partial charge in [0.05, 0.1) is 12.1 Å². The predicted molar refractivity (Wildman–Crippen MR) is 112 cm³/mol. The number of carbonyl (C=O) groups is 4. The number of para-hydroxylation sites is 1. The molecule has 3 rings (SSSR count). The number of hydrogen-bond donors (Lipinski definition) is 0. The minimum Gasteiger partial charge on any atom is -0.484 e. The van der Waals surface area contributed by atoms with E-state index in [0.717, 1.165) is 4.90 Å². The summed E-state index contributed by atoms with van der Waals surface area (Å²) in [6, 6.07) is 13.9. The highest BCUT2D eigenvalue weighted by molar-refractivity contribution is 6.23. The third-order valence-electron chi connectivity index (χ3n) is 4.61. The monoisotopic (exact) mass is 422 g/mol. The third-order valence-corrected chi connectivity index (χ3v) is 4.61. The molecule has 1 aliphatic heterocycles. The lowest BCUT2D eigenvalue weighted by molar-refractivity contribution is -0.139. The van der Waals surface area contributed by atoms with Crippen LogP contribution in [0.5, 0.6) is 11.5 Å². The second-order valence-electron chi connectivity index (χ2n) is 6.81. The van der Waals surface area contributed by atoms with E-state index in [1.807, 2.05) is 6.07 Å². The van der Waals surface area contributed by atoms with E-state index in [9.17, 15) is 19.2 Å². The highest BCUT2D eigenvalue weighted by Crippen LogP contribution is 2.27. The van der Waals surface area contributed by atoms with Crippen LogP contribution in [0, 0.1) is 0 Å². The molecule has 0 radical (unpaired) electrons. The molecule has 2 aromatic rings.